The van der Waals surface area contributed by atoms with Gasteiger partial charge in [0.2, 0.25) is 23.4 Å². The molecule has 0 saturated heterocycles. The van der Waals surface area contributed by atoms with Crippen molar-refractivity contribution in [2.75, 3.05) is 6.54 Å². The maximum Gasteiger partial charge on any atom is 0.249 e. The fourth-order valence-electron chi connectivity index (χ4n) is 3.61. The zero-order valence-corrected chi connectivity index (χ0v) is 19.3. The molecule has 1 atom stereocenters. The number of para-hydroxylation sites is 1. The summed E-state index contributed by atoms with van der Waals surface area (Å²) < 4.78 is 7.50. The minimum absolute atomic E-state index is 0.135. The van der Waals surface area contributed by atoms with Gasteiger partial charge >= 0.3 is 0 Å². The molecule has 3 aromatic heterocycles. The third-order valence-electron chi connectivity index (χ3n) is 5.52. The molecule has 9 nitrogen and oxygen atoms in total. The minimum atomic E-state index is -0.750. The van der Waals surface area contributed by atoms with Crippen LogP contribution in [0.1, 0.15) is 47.3 Å². The quantitative estimate of drug-likeness (QED) is 0.378. The average Bonchev–Trinajstić information content (AvgIpc) is 3.53. The number of nitrogens with zero attached hydrogens (tertiary/aromatic N) is 7. The number of rotatable bonds is 6. The number of dihydropyridines is 1. The summed E-state index contributed by atoms with van der Waals surface area (Å²) in [6.45, 7) is 4.23. The van der Waals surface area contributed by atoms with E-state index in [1.54, 1.807) is 30.0 Å². The summed E-state index contributed by atoms with van der Waals surface area (Å²) in [5, 5.41) is 17.3. The van der Waals surface area contributed by atoms with E-state index >= 15 is 0 Å². The molecule has 1 aliphatic rings. The number of aliphatic imine (C=N–C) groups is 1. The van der Waals surface area contributed by atoms with E-state index in [2.05, 4.69) is 30.4 Å². The molecule has 5 rings (SSSR count). The van der Waals surface area contributed by atoms with Crippen LogP contribution in [0.2, 0.25) is 5.02 Å². The van der Waals surface area contributed by atoms with Crippen molar-refractivity contribution in [3.63, 3.8) is 0 Å². The average molecular weight is 474 g/mol. The summed E-state index contributed by atoms with van der Waals surface area (Å²) in [6.07, 6.45) is 5.94. The molecule has 170 valence electrons. The number of carbonyl (C=O) groups excluding carboxylic acids is 1. The van der Waals surface area contributed by atoms with E-state index in [-0.39, 0.29) is 17.5 Å². The molecule has 4 aromatic rings. The second-order valence-corrected chi connectivity index (χ2v) is 8.26. The fourth-order valence-corrected chi connectivity index (χ4v) is 3.83. The van der Waals surface area contributed by atoms with E-state index in [9.17, 15) is 4.79 Å². The Morgan fingerprint density at radius 1 is 1.12 bits per heavy atom. The summed E-state index contributed by atoms with van der Waals surface area (Å²) in [5.41, 5.74) is 3.08. The van der Waals surface area contributed by atoms with Crippen molar-refractivity contribution < 1.29 is 9.21 Å². The van der Waals surface area contributed by atoms with Gasteiger partial charge in [0.05, 0.1) is 16.3 Å². The zero-order chi connectivity index (χ0) is 23.7. The van der Waals surface area contributed by atoms with Crippen molar-refractivity contribution in [3.05, 3.63) is 76.9 Å². The van der Waals surface area contributed by atoms with Crippen LogP contribution in [-0.4, -0.2) is 48.5 Å². The number of hydrogen-bond acceptors (Lipinski definition) is 8. The van der Waals surface area contributed by atoms with Gasteiger partial charge < -0.3 is 4.42 Å². The van der Waals surface area contributed by atoms with Crippen LogP contribution in [0.3, 0.4) is 0 Å². The van der Waals surface area contributed by atoms with Crippen molar-refractivity contribution in [2.24, 2.45) is 4.99 Å². The maximum atomic E-state index is 13.6. The first kappa shape index (κ1) is 21.8. The third kappa shape index (κ3) is 4.06. The number of carbonyl (C=O) groups is 1. The van der Waals surface area contributed by atoms with Gasteiger partial charge in [0.1, 0.15) is 5.92 Å². The molecule has 0 spiro atoms. The second-order valence-electron chi connectivity index (χ2n) is 7.85. The van der Waals surface area contributed by atoms with Gasteiger partial charge in [-0.15, -0.1) is 20.4 Å². The van der Waals surface area contributed by atoms with Crippen LogP contribution in [0.15, 0.2) is 58.1 Å². The summed E-state index contributed by atoms with van der Waals surface area (Å²) in [7, 11) is 0. The molecule has 1 aromatic carbocycles. The van der Waals surface area contributed by atoms with Gasteiger partial charge in [0, 0.05) is 30.2 Å². The highest BCUT2D eigenvalue weighted by Gasteiger charge is 2.30. The lowest BCUT2D eigenvalue weighted by Gasteiger charge is -2.15. The van der Waals surface area contributed by atoms with Crippen LogP contribution in [0.25, 0.3) is 22.7 Å². The van der Waals surface area contributed by atoms with Crippen LogP contribution >= 0.6 is 11.6 Å². The lowest BCUT2D eigenvalue weighted by Crippen LogP contribution is -2.17. The van der Waals surface area contributed by atoms with Gasteiger partial charge in [-0.1, -0.05) is 23.7 Å². The monoisotopic (exact) mass is 473 g/mol. The van der Waals surface area contributed by atoms with Gasteiger partial charge in [0.25, 0.3) is 0 Å². The molecule has 0 N–H and O–H groups in total. The molecule has 4 heterocycles. The summed E-state index contributed by atoms with van der Waals surface area (Å²) in [4.78, 5) is 22.1. The molecule has 0 bridgehead atoms. The summed E-state index contributed by atoms with van der Waals surface area (Å²) in [5.74, 6) is 0.0882. The number of pyridine rings is 1. The topological polar surface area (TPSA) is 112 Å². The Bertz CT molecular complexity index is 1420. The van der Waals surface area contributed by atoms with E-state index in [1.165, 1.54) is 0 Å². The van der Waals surface area contributed by atoms with Gasteiger partial charge in [0.15, 0.2) is 5.82 Å². The first-order chi connectivity index (χ1) is 16.5. The molecule has 1 unspecified atom stereocenters. The minimum Gasteiger partial charge on any atom is -0.420 e. The molecule has 0 radical (unpaired) electrons. The van der Waals surface area contributed by atoms with Crippen LogP contribution in [0, 0.1) is 6.92 Å². The highest BCUT2D eigenvalue weighted by Crippen LogP contribution is 2.30. The van der Waals surface area contributed by atoms with Gasteiger partial charge in [-0.3, -0.25) is 19.3 Å². The highest BCUT2D eigenvalue weighted by atomic mass is 35.5. The van der Waals surface area contributed by atoms with Crippen LogP contribution < -0.4 is 0 Å². The first-order valence-corrected chi connectivity index (χ1v) is 11.1. The van der Waals surface area contributed by atoms with E-state index in [0.29, 0.717) is 41.0 Å². The fraction of sp³-hybridized carbons (Fsp3) is 0.208. The summed E-state index contributed by atoms with van der Waals surface area (Å²) in [6, 6.07) is 10.9. The van der Waals surface area contributed by atoms with Gasteiger partial charge in [-0.25, -0.2) is 0 Å². The molecule has 0 fully saturated rings. The largest absolute Gasteiger partial charge is 0.420 e. The predicted octanol–water partition coefficient (Wildman–Crippen LogP) is 4.52. The Kier molecular flexibility index (Phi) is 5.85. The molecule has 0 aliphatic carbocycles. The standard InChI is InChI=1S/C24H20ClN7O2/c1-14-7-8-17(13-27-14)24-31-30-23(34-24)15(2)20(33)22-29-28-21(16-9-11-26-12-10-16)32(22)19-6-4-3-5-18(19)25/h3-9,11,13,15H,10,12H2,1-2H3. The highest BCUT2D eigenvalue weighted by molar-refractivity contribution is 6.32. The van der Waals surface area contributed by atoms with Crippen molar-refractivity contribution in [2.45, 2.75) is 26.2 Å². The number of aromatic nitrogens is 6. The third-order valence-corrected chi connectivity index (χ3v) is 5.84. The molecule has 0 amide bonds. The van der Waals surface area contributed by atoms with Crippen molar-refractivity contribution >= 4 is 29.2 Å². The van der Waals surface area contributed by atoms with Crippen molar-refractivity contribution in [1.82, 2.24) is 29.9 Å². The number of Topliss-reactive ketones (excluding diaryl/α,β-unsaturated/α-hetero) is 1. The van der Waals surface area contributed by atoms with Crippen LogP contribution in [0.5, 0.6) is 0 Å². The lowest BCUT2D eigenvalue weighted by atomic mass is 10.1. The zero-order valence-electron chi connectivity index (χ0n) is 18.5. The normalized spacial score (nSPS) is 14.1. The van der Waals surface area contributed by atoms with E-state index in [0.717, 1.165) is 11.3 Å². The Hall–Kier alpha value is -3.98. The SMILES string of the molecule is Cc1ccc(-c2nnc(C(C)C(=O)c3nnc(C4=CC=NCC4)n3-c3ccccc3Cl)o2)cn1. The molecule has 10 heteroatoms. The van der Waals surface area contributed by atoms with Gasteiger partial charge in [-0.05, 0) is 50.6 Å². The van der Waals surface area contributed by atoms with E-state index in [1.807, 2.05) is 43.3 Å². The maximum absolute atomic E-state index is 13.6. The van der Waals surface area contributed by atoms with E-state index in [4.69, 9.17) is 16.0 Å². The Balaban J connectivity index is 1.53. The molecular formula is C24H20ClN7O2. The Labute approximate surface area is 200 Å². The van der Waals surface area contributed by atoms with Crippen molar-refractivity contribution in [3.8, 4) is 17.1 Å². The lowest BCUT2D eigenvalue weighted by molar-refractivity contribution is 0.0942. The number of benzene rings is 1. The smallest absolute Gasteiger partial charge is 0.249 e. The number of allylic oxidation sites excluding steroid dienone is 1. The predicted molar refractivity (Wildman–Crippen MR) is 127 cm³/mol. The molecule has 1 aliphatic heterocycles. The van der Waals surface area contributed by atoms with E-state index < -0.39 is 5.92 Å². The number of halogens is 1. The molecule has 34 heavy (non-hydrogen) atoms. The van der Waals surface area contributed by atoms with Crippen LogP contribution in [-0.2, 0) is 0 Å². The van der Waals surface area contributed by atoms with Gasteiger partial charge in [-0.2, -0.15) is 0 Å². The number of aryl methyl sites for hydroxylation is 1. The number of hydrogen-bond donors (Lipinski definition) is 0. The Morgan fingerprint density at radius 3 is 2.71 bits per heavy atom. The molecular weight excluding hydrogens is 454 g/mol. The Morgan fingerprint density at radius 2 is 1.97 bits per heavy atom. The second kappa shape index (κ2) is 9.11. The number of ketones is 1. The van der Waals surface area contributed by atoms with Crippen LogP contribution in [0.4, 0.5) is 0 Å². The first-order valence-electron chi connectivity index (χ1n) is 10.7. The van der Waals surface area contributed by atoms with Crippen molar-refractivity contribution in [1.29, 1.82) is 0 Å². The summed E-state index contributed by atoms with van der Waals surface area (Å²) >= 11 is 6.50. The molecule has 0 saturated carbocycles.